The Bertz CT molecular complexity index is 868. The van der Waals surface area contributed by atoms with Crippen LogP contribution in [0, 0.1) is 0 Å². The number of carbonyl (C=O) groups excluding carboxylic acids is 2. The number of phenols is 1. The molecular weight excluding hydrogens is 296 g/mol. The zero-order valence-electron chi connectivity index (χ0n) is 11.9. The number of ether oxygens (including phenoxy) is 2. The van der Waals surface area contributed by atoms with Crippen molar-refractivity contribution in [1.29, 1.82) is 0 Å². The number of hydrogen-bond donors (Lipinski definition) is 1. The summed E-state index contributed by atoms with van der Waals surface area (Å²) in [5.41, 5.74) is 0.345. The Balaban J connectivity index is 1.83. The molecule has 0 aliphatic carbocycles. The van der Waals surface area contributed by atoms with E-state index in [1.54, 1.807) is 36.4 Å². The fourth-order valence-electron chi connectivity index (χ4n) is 2.16. The molecule has 0 saturated carbocycles. The molecule has 3 aromatic rings. The third-order valence-corrected chi connectivity index (χ3v) is 3.28. The van der Waals surface area contributed by atoms with Gasteiger partial charge in [-0.25, -0.2) is 4.79 Å². The van der Waals surface area contributed by atoms with Gasteiger partial charge in [-0.15, -0.1) is 0 Å². The van der Waals surface area contributed by atoms with E-state index in [2.05, 4.69) is 0 Å². The molecule has 5 heteroatoms. The van der Waals surface area contributed by atoms with Crippen LogP contribution in [-0.2, 0) is 4.79 Å². The van der Waals surface area contributed by atoms with Crippen LogP contribution < -0.4 is 9.47 Å². The Labute approximate surface area is 131 Å². The summed E-state index contributed by atoms with van der Waals surface area (Å²) in [5, 5.41) is 10.9. The van der Waals surface area contributed by atoms with E-state index in [9.17, 15) is 14.7 Å². The van der Waals surface area contributed by atoms with Gasteiger partial charge in [-0.1, -0.05) is 12.1 Å². The van der Waals surface area contributed by atoms with Crippen molar-refractivity contribution < 1.29 is 24.2 Å². The predicted molar refractivity (Wildman–Crippen MR) is 83.7 cm³/mol. The van der Waals surface area contributed by atoms with Crippen molar-refractivity contribution in [1.82, 2.24) is 0 Å². The van der Waals surface area contributed by atoms with Gasteiger partial charge in [0, 0.05) is 0 Å². The maximum Gasteiger partial charge on any atom is 0.343 e. The van der Waals surface area contributed by atoms with Gasteiger partial charge >= 0.3 is 5.97 Å². The van der Waals surface area contributed by atoms with Gasteiger partial charge in [-0.3, -0.25) is 4.79 Å². The maximum atomic E-state index is 12.0. The van der Waals surface area contributed by atoms with E-state index in [-0.39, 0.29) is 5.75 Å². The maximum absolute atomic E-state index is 12.0. The average molecular weight is 308 g/mol. The van der Waals surface area contributed by atoms with Crippen LogP contribution in [0.25, 0.3) is 10.8 Å². The Kier molecular flexibility index (Phi) is 3.93. The van der Waals surface area contributed by atoms with Gasteiger partial charge in [0.25, 0.3) is 6.47 Å². The molecule has 0 spiro atoms. The van der Waals surface area contributed by atoms with Crippen LogP contribution in [0.5, 0.6) is 17.2 Å². The van der Waals surface area contributed by atoms with E-state index in [0.29, 0.717) is 23.5 Å². The molecule has 0 bridgehead atoms. The van der Waals surface area contributed by atoms with Crippen LogP contribution in [0.3, 0.4) is 0 Å². The van der Waals surface area contributed by atoms with Crippen molar-refractivity contribution in [2.45, 2.75) is 0 Å². The molecule has 3 rings (SSSR count). The molecule has 23 heavy (non-hydrogen) atoms. The molecule has 0 aromatic heterocycles. The minimum atomic E-state index is -0.509. The summed E-state index contributed by atoms with van der Waals surface area (Å²) in [5.74, 6) is 0.423. The molecule has 114 valence electrons. The summed E-state index contributed by atoms with van der Waals surface area (Å²) in [6.07, 6.45) is 0. The highest BCUT2D eigenvalue weighted by Crippen LogP contribution is 2.25. The van der Waals surface area contributed by atoms with E-state index < -0.39 is 5.97 Å². The molecule has 0 amide bonds. The van der Waals surface area contributed by atoms with Crippen LogP contribution >= 0.6 is 0 Å². The molecule has 0 saturated heterocycles. The lowest BCUT2D eigenvalue weighted by molar-refractivity contribution is -0.120. The van der Waals surface area contributed by atoms with Crippen LogP contribution in [0.4, 0.5) is 0 Å². The minimum absolute atomic E-state index is 0.0839. The second-order valence-corrected chi connectivity index (χ2v) is 4.82. The van der Waals surface area contributed by atoms with Crippen LogP contribution in [-0.4, -0.2) is 17.5 Å². The third kappa shape index (κ3) is 3.29. The highest BCUT2D eigenvalue weighted by Gasteiger charge is 2.09. The molecule has 0 radical (unpaired) electrons. The summed E-state index contributed by atoms with van der Waals surface area (Å²) in [6.45, 7) is 0.370. The van der Waals surface area contributed by atoms with E-state index in [0.717, 1.165) is 10.8 Å². The Morgan fingerprint density at radius 3 is 2.13 bits per heavy atom. The summed E-state index contributed by atoms with van der Waals surface area (Å²) in [4.78, 5) is 22.4. The Morgan fingerprint density at radius 1 is 0.870 bits per heavy atom. The normalized spacial score (nSPS) is 10.3. The van der Waals surface area contributed by atoms with Crippen molar-refractivity contribution in [2.24, 2.45) is 0 Å². The smallest absolute Gasteiger partial charge is 0.343 e. The molecule has 3 aromatic carbocycles. The molecule has 0 heterocycles. The van der Waals surface area contributed by atoms with Gasteiger partial charge in [-0.05, 0) is 59.3 Å². The predicted octanol–water partition coefficient (Wildman–Crippen LogP) is 3.30. The number of esters is 1. The molecule has 0 aliphatic heterocycles. The first kappa shape index (κ1) is 14.6. The lowest BCUT2D eigenvalue weighted by Crippen LogP contribution is -2.08. The van der Waals surface area contributed by atoms with Gasteiger partial charge in [-0.2, -0.15) is 0 Å². The largest absolute Gasteiger partial charge is 0.508 e. The standard InChI is InChI=1S/C18H12O5/c19-11-22-16-7-3-14-10-17(8-4-13(14)9-16)23-18(21)12-1-5-15(20)6-2-12/h1-11,20H. The Morgan fingerprint density at radius 2 is 1.48 bits per heavy atom. The van der Waals surface area contributed by atoms with Gasteiger partial charge in [0.15, 0.2) is 0 Å². The average Bonchev–Trinajstić information content (AvgIpc) is 2.56. The number of phenolic OH excluding ortho intramolecular Hbond substituents is 1. The number of benzene rings is 3. The molecular formula is C18H12O5. The van der Waals surface area contributed by atoms with Crippen molar-refractivity contribution in [3.63, 3.8) is 0 Å². The van der Waals surface area contributed by atoms with Crippen LogP contribution in [0.1, 0.15) is 10.4 Å². The zero-order chi connectivity index (χ0) is 16.2. The molecule has 0 unspecified atom stereocenters. The second-order valence-electron chi connectivity index (χ2n) is 4.82. The van der Waals surface area contributed by atoms with E-state index >= 15 is 0 Å². The molecule has 1 N–H and O–H groups in total. The highest BCUT2D eigenvalue weighted by atomic mass is 16.5. The molecule has 0 fully saturated rings. The van der Waals surface area contributed by atoms with E-state index in [4.69, 9.17) is 9.47 Å². The van der Waals surface area contributed by atoms with Crippen molar-refractivity contribution in [3.05, 3.63) is 66.2 Å². The van der Waals surface area contributed by atoms with E-state index in [1.807, 2.05) is 0 Å². The summed E-state index contributed by atoms with van der Waals surface area (Å²) < 4.78 is 10.1. The lowest BCUT2D eigenvalue weighted by atomic mass is 10.1. The van der Waals surface area contributed by atoms with Crippen LogP contribution in [0.15, 0.2) is 60.7 Å². The van der Waals surface area contributed by atoms with Gasteiger partial charge in [0.2, 0.25) is 0 Å². The zero-order valence-corrected chi connectivity index (χ0v) is 11.9. The number of carbonyl (C=O) groups is 2. The molecule has 0 aliphatic rings. The lowest BCUT2D eigenvalue weighted by Gasteiger charge is -2.07. The number of aromatic hydroxyl groups is 1. The molecule has 5 nitrogen and oxygen atoms in total. The first-order valence-corrected chi connectivity index (χ1v) is 6.81. The van der Waals surface area contributed by atoms with Crippen molar-refractivity contribution in [2.75, 3.05) is 0 Å². The first-order valence-electron chi connectivity index (χ1n) is 6.81. The van der Waals surface area contributed by atoms with Crippen molar-refractivity contribution >= 4 is 23.2 Å². The SMILES string of the molecule is O=COc1ccc2cc(OC(=O)c3ccc(O)cc3)ccc2c1. The quantitative estimate of drug-likeness (QED) is 0.455. The number of rotatable bonds is 4. The minimum Gasteiger partial charge on any atom is -0.508 e. The van der Waals surface area contributed by atoms with Crippen LogP contribution in [0.2, 0.25) is 0 Å². The summed E-state index contributed by atoms with van der Waals surface area (Å²) in [6, 6.07) is 16.1. The first-order chi connectivity index (χ1) is 11.2. The fourth-order valence-corrected chi connectivity index (χ4v) is 2.16. The summed E-state index contributed by atoms with van der Waals surface area (Å²) >= 11 is 0. The highest BCUT2D eigenvalue weighted by molar-refractivity contribution is 5.92. The van der Waals surface area contributed by atoms with Crippen molar-refractivity contribution in [3.8, 4) is 17.2 Å². The second kappa shape index (κ2) is 6.19. The third-order valence-electron chi connectivity index (χ3n) is 3.28. The van der Waals surface area contributed by atoms with E-state index in [1.165, 1.54) is 24.3 Å². The van der Waals surface area contributed by atoms with Gasteiger partial charge < -0.3 is 14.6 Å². The topological polar surface area (TPSA) is 72.8 Å². The fraction of sp³-hybridized carbons (Fsp3) is 0. The molecule has 0 atom stereocenters. The summed E-state index contributed by atoms with van der Waals surface area (Å²) in [7, 11) is 0. The monoisotopic (exact) mass is 308 g/mol. The van der Waals surface area contributed by atoms with Gasteiger partial charge in [0.1, 0.15) is 17.2 Å². The number of hydrogen-bond acceptors (Lipinski definition) is 5. The number of fused-ring (bicyclic) bond motifs is 1. The van der Waals surface area contributed by atoms with Gasteiger partial charge in [0.05, 0.1) is 5.56 Å². The Hall–Kier alpha value is -3.34.